The Bertz CT molecular complexity index is 283. The fourth-order valence-electron chi connectivity index (χ4n) is 2.02. The second kappa shape index (κ2) is 4.45. The largest absolute Gasteiger partial charge is 0.317 e. The lowest BCUT2D eigenvalue weighted by atomic mass is 9.93. The highest BCUT2D eigenvalue weighted by molar-refractivity contribution is 9.10. The number of aromatic nitrogens is 2. The highest BCUT2D eigenvalue weighted by Crippen LogP contribution is 2.23. The van der Waals surface area contributed by atoms with E-state index in [0.717, 1.165) is 16.8 Å². The topological polar surface area (TPSA) is 29.9 Å². The first-order valence-corrected chi connectivity index (χ1v) is 5.94. The van der Waals surface area contributed by atoms with Crippen molar-refractivity contribution in [2.45, 2.75) is 19.3 Å². The number of nitrogens with one attached hydrogen (secondary N) is 1. The van der Waals surface area contributed by atoms with Gasteiger partial charge in [0.1, 0.15) is 0 Å². The van der Waals surface area contributed by atoms with Gasteiger partial charge in [-0.1, -0.05) is 0 Å². The van der Waals surface area contributed by atoms with E-state index in [-0.39, 0.29) is 0 Å². The van der Waals surface area contributed by atoms with E-state index in [1.54, 1.807) is 0 Å². The second-order valence-corrected chi connectivity index (χ2v) is 4.81. The molecule has 0 aliphatic carbocycles. The quantitative estimate of drug-likeness (QED) is 0.875. The molecule has 1 aromatic rings. The van der Waals surface area contributed by atoms with Crippen LogP contribution in [0.1, 0.15) is 18.5 Å². The molecule has 0 spiro atoms. The molecular formula is C10H16BrN3. The first-order chi connectivity index (χ1) is 6.77. The molecule has 1 aliphatic rings. The van der Waals surface area contributed by atoms with Gasteiger partial charge in [0.15, 0.2) is 0 Å². The number of piperidine rings is 1. The van der Waals surface area contributed by atoms with Gasteiger partial charge in [-0.2, -0.15) is 5.10 Å². The van der Waals surface area contributed by atoms with Gasteiger partial charge in [0, 0.05) is 7.05 Å². The smallest absolute Gasteiger partial charge is 0.0635 e. The summed E-state index contributed by atoms with van der Waals surface area (Å²) in [6.07, 6.45) is 5.62. The van der Waals surface area contributed by atoms with Gasteiger partial charge in [0.05, 0.1) is 16.4 Å². The highest BCUT2D eigenvalue weighted by atomic mass is 79.9. The Kier molecular flexibility index (Phi) is 3.23. The van der Waals surface area contributed by atoms with Gasteiger partial charge in [-0.05, 0) is 54.2 Å². The van der Waals surface area contributed by atoms with Crippen molar-refractivity contribution in [3.8, 4) is 0 Å². The molecule has 1 fully saturated rings. The predicted octanol–water partition coefficient (Wildman–Crippen LogP) is 1.72. The SMILES string of the molecule is Cn1ncc(Br)c1CC1CCNCC1. The monoisotopic (exact) mass is 257 g/mol. The summed E-state index contributed by atoms with van der Waals surface area (Å²) in [4.78, 5) is 0. The molecular weight excluding hydrogens is 242 g/mol. The average Bonchev–Trinajstić information content (AvgIpc) is 2.51. The lowest BCUT2D eigenvalue weighted by Crippen LogP contribution is -2.29. The molecule has 0 saturated carbocycles. The Morgan fingerprint density at radius 1 is 1.57 bits per heavy atom. The van der Waals surface area contributed by atoms with Crippen molar-refractivity contribution in [2.75, 3.05) is 13.1 Å². The third kappa shape index (κ3) is 2.17. The first-order valence-electron chi connectivity index (χ1n) is 5.14. The number of nitrogens with zero attached hydrogens (tertiary/aromatic N) is 2. The molecule has 0 aromatic carbocycles. The molecule has 3 nitrogen and oxygen atoms in total. The number of rotatable bonds is 2. The molecule has 78 valence electrons. The van der Waals surface area contributed by atoms with Crippen LogP contribution in [-0.4, -0.2) is 22.9 Å². The Morgan fingerprint density at radius 2 is 2.29 bits per heavy atom. The zero-order chi connectivity index (χ0) is 9.97. The summed E-state index contributed by atoms with van der Waals surface area (Å²) < 4.78 is 3.13. The van der Waals surface area contributed by atoms with Gasteiger partial charge in [-0.3, -0.25) is 4.68 Å². The van der Waals surface area contributed by atoms with E-state index in [1.165, 1.54) is 31.6 Å². The van der Waals surface area contributed by atoms with Gasteiger partial charge in [0.25, 0.3) is 0 Å². The summed E-state index contributed by atoms with van der Waals surface area (Å²) in [6, 6.07) is 0. The molecule has 2 rings (SSSR count). The van der Waals surface area contributed by atoms with Crippen molar-refractivity contribution in [2.24, 2.45) is 13.0 Å². The van der Waals surface area contributed by atoms with Crippen LogP contribution < -0.4 is 5.32 Å². The van der Waals surface area contributed by atoms with Crippen LogP contribution in [-0.2, 0) is 13.5 Å². The average molecular weight is 258 g/mol. The van der Waals surface area contributed by atoms with Crippen LogP contribution in [0.2, 0.25) is 0 Å². The molecule has 1 aromatic heterocycles. The lowest BCUT2D eigenvalue weighted by molar-refractivity contribution is 0.365. The van der Waals surface area contributed by atoms with Crippen molar-refractivity contribution in [3.63, 3.8) is 0 Å². The van der Waals surface area contributed by atoms with Crippen LogP contribution >= 0.6 is 15.9 Å². The molecule has 4 heteroatoms. The zero-order valence-electron chi connectivity index (χ0n) is 8.46. The van der Waals surface area contributed by atoms with Crippen molar-refractivity contribution < 1.29 is 0 Å². The number of halogens is 1. The fraction of sp³-hybridized carbons (Fsp3) is 0.700. The molecule has 0 unspecified atom stereocenters. The van der Waals surface area contributed by atoms with Crippen LogP contribution in [0.25, 0.3) is 0 Å². The van der Waals surface area contributed by atoms with Crippen molar-refractivity contribution in [1.29, 1.82) is 0 Å². The number of hydrogen-bond acceptors (Lipinski definition) is 2. The van der Waals surface area contributed by atoms with Crippen LogP contribution in [0.5, 0.6) is 0 Å². The molecule has 1 N–H and O–H groups in total. The number of hydrogen-bond donors (Lipinski definition) is 1. The summed E-state index contributed by atoms with van der Waals surface area (Å²) in [5.41, 5.74) is 1.33. The molecule has 1 aliphatic heterocycles. The van der Waals surface area contributed by atoms with Gasteiger partial charge in [-0.15, -0.1) is 0 Å². The van der Waals surface area contributed by atoms with Crippen LogP contribution in [0.3, 0.4) is 0 Å². The molecule has 2 heterocycles. The normalized spacial score (nSPS) is 18.7. The highest BCUT2D eigenvalue weighted by Gasteiger charge is 2.16. The van der Waals surface area contributed by atoms with E-state index in [1.807, 2.05) is 17.9 Å². The minimum atomic E-state index is 0.822. The number of aryl methyl sites for hydroxylation is 1. The standard InChI is InChI=1S/C10H16BrN3/c1-14-10(9(11)7-13-14)6-8-2-4-12-5-3-8/h7-8,12H,2-6H2,1H3. The molecule has 0 radical (unpaired) electrons. The van der Waals surface area contributed by atoms with E-state index in [2.05, 4.69) is 26.3 Å². The lowest BCUT2D eigenvalue weighted by Gasteiger charge is -2.22. The second-order valence-electron chi connectivity index (χ2n) is 3.96. The third-order valence-electron chi connectivity index (χ3n) is 2.95. The van der Waals surface area contributed by atoms with Gasteiger partial charge < -0.3 is 5.32 Å². The molecule has 1 saturated heterocycles. The summed E-state index contributed by atoms with van der Waals surface area (Å²) in [5, 5.41) is 7.63. The molecule has 14 heavy (non-hydrogen) atoms. The van der Waals surface area contributed by atoms with E-state index < -0.39 is 0 Å². The Balaban J connectivity index is 2.02. The van der Waals surface area contributed by atoms with Gasteiger partial charge in [-0.25, -0.2) is 0 Å². The van der Waals surface area contributed by atoms with E-state index in [4.69, 9.17) is 0 Å². The van der Waals surface area contributed by atoms with Gasteiger partial charge in [0.2, 0.25) is 0 Å². The van der Waals surface area contributed by atoms with Crippen LogP contribution in [0, 0.1) is 5.92 Å². The van der Waals surface area contributed by atoms with Crippen molar-refractivity contribution in [3.05, 3.63) is 16.4 Å². The molecule has 0 amide bonds. The van der Waals surface area contributed by atoms with E-state index >= 15 is 0 Å². The Morgan fingerprint density at radius 3 is 2.86 bits per heavy atom. The maximum Gasteiger partial charge on any atom is 0.0635 e. The fourth-order valence-corrected chi connectivity index (χ4v) is 2.54. The summed E-state index contributed by atoms with van der Waals surface area (Å²) in [6.45, 7) is 2.33. The summed E-state index contributed by atoms with van der Waals surface area (Å²) in [5.74, 6) is 0.822. The van der Waals surface area contributed by atoms with E-state index in [0.29, 0.717) is 0 Å². The van der Waals surface area contributed by atoms with Crippen LogP contribution in [0.4, 0.5) is 0 Å². The Labute approximate surface area is 93.0 Å². The summed E-state index contributed by atoms with van der Waals surface area (Å²) >= 11 is 3.54. The van der Waals surface area contributed by atoms with Crippen molar-refractivity contribution >= 4 is 15.9 Å². The molecule has 0 bridgehead atoms. The maximum absolute atomic E-state index is 4.24. The minimum absolute atomic E-state index is 0.822. The zero-order valence-corrected chi connectivity index (χ0v) is 10.0. The maximum atomic E-state index is 4.24. The third-order valence-corrected chi connectivity index (χ3v) is 3.61. The van der Waals surface area contributed by atoms with Crippen molar-refractivity contribution in [1.82, 2.24) is 15.1 Å². The minimum Gasteiger partial charge on any atom is -0.317 e. The van der Waals surface area contributed by atoms with Crippen LogP contribution in [0.15, 0.2) is 10.7 Å². The van der Waals surface area contributed by atoms with E-state index in [9.17, 15) is 0 Å². The molecule has 0 atom stereocenters. The van der Waals surface area contributed by atoms with Gasteiger partial charge >= 0.3 is 0 Å². The first kappa shape index (κ1) is 10.2. The predicted molar refractivity (Wildman–Crippen MR) is 60.2 cm³/mol. The summed E-state index contributed by atoms with van der Waals surface area (Å²) in [7, 11) is 2.02. The Hall–Kier alpha value is -0.350.